The van der Waals surface area contributed by atoms with Gasteiger partial charge in [-0.25, -0.2) is 0 Å². The first-order chi connectivity index (χ1) is 13.7. The van der Waals surface area contributed by atoms with E-state index in [1.807, 2.05) is 48.5 Å². The summed E-state index contributed by atoms with van der Waals surface area (Å²) in [5.74, 6) is -0.139. The van der Waals surface area contributed by atoms with Gasteiger partial charge in [-0.15, -0.1) is 0 Å². The maximum atomic E-state index is 13.0. The molecular formula is C24H23NO3. The molecule has 0 bridgehead atoms. The van der Waals surface area contributed by atoms with Crippen LogP contribution in [0.3, 0.4) is 0 Å². The van der Waals surface area contributed by atoms with Crippen molar-refractivity contribution in [2.75, 3.05) is 20.3 Å². The lowest BCUT2D eigenvalue weighted by molar-refractivity contribution is 0.0680. The number of rotatable bonds is 8. The molecule has 3 rings (SSSR count). The molecule has 142 valence electrons. The summed E-state index contributed by atoms with van der Waals surface area (Å²) in [4.78, 5) is 27.3. The van der Waals surface area contributed by atoms with E-state index in [2.05, 4.69) is 0 Å². The normalized spacial score (nSPS) is 10.5. The average molecular weight is 373 g/mol. The number of hydrogen-bond donors (Lipinski definition) is 0. The summed E-state index contributed by atoms with van der Waals surface area (Å²) in [5.41, 5.74) is 2.81. The Morgan fingerprint density at radius 3 is 1.89 bits per heavy atom. The van der Waals surface area contributed by atoms with E-state index in [0.717, 1.165) is 5.56 Å². The Balaban J connectivity index is 1.76. The smallest absolute Gasteiger partial charge is 0.254 e. The lowest BCUT2D eigenvalue weighted by Gasteiger charge is -2.22. The molecule has 0 fully saturated rings. The molecule has 0 aliphatic carbocycles. The zero-order valence-electron chi connectivity index (χ0n) is 15.9. The van der Waals surface area contributed by atoms with Crippen LogP contribution < -0.4 is 0 Å². The van der Waals surface area contributed by atoms with E-state index in [4.69, 9.17) is 4.74 Å². The van der Waals surface area contributed by atoms with Gasteiger partial charge in [0.15, 0.2) is 5.78 Å². The summed E-state index contributed by atoms with van der Waals surface area (Å²) < 4.78 is 5.16. The number of carbonyl (C=O) groups is 2. The summed E-state index contributed by atoms with van der Waals surface area (Å²) >= 11 is 0. The van der Waals surface area contributed by atoms with Gasteiger partial charge in [-0.2, -0.15) is 0 Å². The second kappa shape index (κ2) is 9.62. The monoisotopic (exact) mass is 373 g/mol. The number of hydrogen-bond acceptors (Lipinski definition) is 3. The number of methoxy groups -OCH3 is 1. The van der Waals surface area contributed by atoms with Gasteiger partial charge in [0.05, 0.1) is 6.61 Å². The summed E-state index contributed by atoms with van der Waals surface area (Å²) in [5, 5.41) is 0. The third kappa shape index (κ3) is 4.93. The van der Waals surface area contributed by atoms with Crippen molar-refractivity contribution in [1.29, 1.82) is 0 Å². The predicted molar refractivity (Wildman–Crippen MR) is 109 cm³/mol. The predicted octanol–water partition coefficient (Wildman–Crippen LogP) is 4.21. The van der Waals surface area contributed by atoms with Crippen LogP contribution in [0.4, 0.5) is 0 Å². The minimum Gasteiger partial charge on any atom is -0.383 e. The molecule has 28 heavy (non-hydrogen) atoms. The maximum Gasteiger partial charge on any atom is 0.254 e. The van der Waals surface area contributed by atoms with Crippen molar-refractivity contribution in [2.45, 2.75) is 6.54 Å². The Hall–Kier alpha value is -3.24. The zero-order chi connectivity index (χ0) is 19.8. The molecule has 3 aromatic carbocycles. The van der Waals surface area contributed by atoms with Crippen LogP contribution in [0.1, 0.15) is 31.8 Å². The van der Waals surface area contributed by atoms with Gasteiger partial charge in [0.1, 0.15) is 0 Å². The molecule has 0 aliphatic rings. The van der Waals surface area contributed by atoms with E-state index in [-0.39, 0.29) is 11.7 Å². The third-order valence-corrected chi connectivity index (χ3v) is 4.50. The van der Waals surface area contributed by atoms with Crippen LogP contribution in [0.5, 0.6) is 0 Å². The van der Waals surface area contributed by atoms with Crippen molar-refractivity contribution in [3.05, 3.63) is 107 Å². The molecule has 1 amide bonds. The Kier molecular flexibility index (Phi) is 6.71. The highest BCUT2D eigenvalue weighted by atomic mass is 16.5. The molecule has 3 aromatic rings. The highest BCUT2D eigenvalue weighted by molar-refractivity contribution is 6.09. The lowest BCUT2D eigenvalue weighted by Crippen LogP contribution is -2.33. The van der Waals surface area contributed by atoms with Crippen molar-refractivity contribution in [3.8, 4) is 0 Å². The highest BCUT2D eigenvalue weighted by Gasteiger charge is 2.17. The third-order valence-electron chi connectivity index (χ3n) is 4.50. The van der Waals surface area contributed by atoms with Crippen LogP contribution >= 0.6 is 0 Å². The van der Waals surface area contributed by atoms with E-state index < -0.39 is 0 Å². The minimum atomic E-state index is -0.0837. The standard InChI is InChI=1S/C24H23NO3/c1-28-17-16-25(18-19-8-4-2-5-9-19)24(27)22-14-12-21(13-15-22)23(26)20-10-6-3-7-11-20/h2-15H,16-18H2,1H3. The Bertz CT molecular complexity index is 906. The molecule has 0 unspecified atom stereocenters. The van der Waals surface area contributed by atoms with Crippen LogP contribution in [0, 0.1) is 0 Å². The highest BCUT2D eigenvalue weighted by Crippen LogP contribution is 2.14. The van der Waals surface area contributed by atoms with Gasteiger partial charge in [-0.1, -0.05) is 72.8 Å². The second-order valence-electron chi connectivity index (χ2n) is 6.48. The van der Waals surface area contributed by atoms with Crippen molar-refractivity contribution in [2.24, 2.45) is 0 Å². The maximum absolute atomic E-state index is 13.0. The minimum absolute atomic E-state index is 0.0554. The fourth-order valence-corrected chi connectivity index (χ4v) is 2.96. The Labute approximate surface area is 165 Å². The lowest BCUT2D eigenvalue weighted by atomic mass is 10.0. The molecule has 4 heteroatoms. The molecule has 0 heterocycles. The summed E-state index contributed by atoms with van der Waals surface area (Å²) in [6, 6.07) is 25.8. The molecule has 0 aromatic heterocycles. The first kappa shape index (κ1) is 19.5. The largest absolute Gasteiger partial charge is 0.383 e. The van der Waals surface area contributed by atoms with Gasteiger partial charge in [-0.05, 0) is 17.7 Å². The summed E-state index contributed by atoms with van der Waals surface area (Å²) in [6.45, 7) is 1.46. The molecule has 0 radical (unpaired) electrons. The summed E-state index contributed by atoms with van der Waals surface area (Å²) in [7, 11) is 1.62. The van der Waals surface area contributed by atoms with E-state index in [0.29, 0.717) is 36.4 Å². The number of ether oxygens (including phenoxy) is 1. The van der Waals surface area contributed by atoms with E-state index in [1.165, 1.54) is 0 Å². The van der Waals surface area contributed by atoms with Gasteiger partial charge in [0.25, 0.3) is 5.91 Å². The van der Waals surface area contributed by atoms with Crippen molar-refractivity contribution in [1.82, 2.24) is 4.90 Å². The van der Waals surface area contributed by atoms with Crippen LogP contribution in [-0.4, -0.2) is 36.9 Å². The van der Waals surface area contributed by atoms with E-state index in [9.17, 15) is 9.59 Å². The molecular weight excluding hydrogens is 350 g/mol. The fraction of sp³-hybridized carbons (Fsp3) is 0.167. The van der Waals surface area contributed by atoms with Crippen molar-refractivity contribution >= 4 is 11.7 Å². The molecule has 0 saturated carbocycles. The van der Waals surface area contributed by atoms with Crippen LogP contribution in [0.15, 0.2) is 84.9 Å². The quantitative estimate of drug-likeness (QED) is 0.556. The average Bonchev–Trinajstić information content (AvgIpc) is 2.77. The first-order valence-electron chi connectivity index (χ1n) is 9.21. The number of ketones is 1. The SMILES string of the molecule is COCCN(Cc1ccccc1)C(=O)c1ccc(C(=O)c2ccccc2)cc1. The number of nitrogens with zero attached hydrogens (tertiary/aromatic N) is 1. The van der Waals surface area contributed by atoms with Gasteiger partial charge in [0, 0.05) is 36.9 Å². The molecule has 0 aliphatic heterocycles. The molecule has 0 spiro atoms. The zero-order valence-corrected chi connectivity index (χ0v) is 15.9. The Morgan fingerprint density at radius 1 is 0.750 bits per heavy atom. The fourth-order valence-electron chi connectivity index (χ4n) is 2.96. The van der Waals surface area contributed by atoms with Gasteiger partial charge in [-0.3, -0.25) is 9.59 Å². The van der Waals surface area contributed by atoms with Crippen molar-refractivity contribution in [3.63, 3.8) is 0 Å². The summed E-state index contributed by atoms with van der Waals surface area (Å²) in [6.07, 6.45) is 0. The van der Waals surface area contributed by atoms with Gasteiger partial charge >= 0.3 is 0 Å². The van der Waals surface area contributed by atoms with Gasteiger partial charge in [0.2, 0.25) is 0 Å². The molecule has 0 saturated heterocycles. The number of benzene rings is 3. The van der Waals surface area contributed by atoms with Crippen molar-refractivity contribution < 1.29 is 14.3 Å². The second-order valence-corrected chi connectivity index (χ2v) is 6.48. The molecule has 0 atom stereocenters. The van der Waals surface area contributed by atoms with Crippen LogP contribution in [0.25, 0.3) is 0 Å². The van der Waals surface area contributed by atoms with E-state index in [1.54, 1.807) is 48.4 Å². The molecule has 4 nitrogen and oxygen atoms in total. The number of carbonyl (C=O) groups excluding carboxylic acids is 2. The van der Waals surface area contributed by atoms with Gasteiger partial charge < -0.3 is 9.64 Å². The Morgan fingerprint density at radius 2 is 1.29 bits per heavy atom. The van der Waals surface area contributed by atoms with Crippen LogP contribution in [-0.2, 0) is 11.3 Å². The van der Waals surface area contributed by atoms with E-state index >= 15 is 0 Å². The topological polar surface area (TPSA) is 46.6 Å². The first-order valence-corrected chi connectivity index (χ1v) is 9.21. The molecule has 0 N–H and O–H groups in total. The van der Waals surface area contributed by atoms with Crippen LogP contribution in [0.2, 0.25) is 0 Å². The number of amides is 1.